The van der Waals surface area contributed by atoms with Gasteiger partial charge in [-0.1, -0.05) is 13.0 Å². The molecule has 6 heteroatoms. The quantitative estimate of drug-likeness (QED) is 0.832. The summed E-state index contributed by atoms with van der Waals surface area (Å²) in [4.78, 5) is 25.1. The molecule has 0 aliphatic carbocycles. The second-order valence-corrected chi connectivity index (χ2v) is 5.23. The van der Waals surface area contributed by atoms with E-state index in [9.17, 15) is 9.59 Å². The molecule has 1 aromatic carbocycles. The van der Waals surface area contributed by atoms with E-state index < -0.39 is 0 Å². The molecule has 1 aliphatic heterocycles. The highest BCUT2D eigenvalue weighted by Gasteiger charge is 2.16. The minimum atomic E-state index is -0.0547. The number of rotatable bonds is 7. The first-order valence-corrected chi connectivity index (χ1v) is 7.51. The Morgan fingerprint density at radius 3 is 2.77 bits per heavy atom. The average molecular weight is 306 g/mol. The summed E-state index contributed by atoms with van der Waals surface area (Å²) < 4.78 is 10.6. The number of amides is 2. The molecule has 0 fully saturated rings. The molecule has 0 bridgehead atoms. The monoisotopic (exact) mass is 306 g/mol. The minimum absolute atomic E-state index is 0.0289. The summed E-state index contributed by atoms with van der Waals surface area (Å²) in [5, 5.41) is 2.81. The van der Waals surface area contributed by atoms with Crippen LogP contribution in [0.3, 0.4) is 0 Å². The van der Waals surface area contributed by atoms with Crippen LogP contribution in [0.2, 0.25) is 0 Å². The standard InChI is InChI=1S/C16H22N2O4/c1-3-7-17-16(20)6-8-18(12(2)19)10-13-4-5-14-15(9-13)22-11-21-14/h4-5,9H,3,6-8,10-11H2,1-2H3,(H,17,20). The molecule has 1 aliphatic rings. The lowest BCUT2D eigenvalue weighted by Crippen LogP contribution is -2.33. The molecular formula is C16H22N2O4. The summed E-state index contributed by atoms with van der Waals surface area (Å²) in [6, 6.07) is 5.61. The van der Waals surface area contributed by atoms with Crippen LogP contribution < -0.4 is 14.8 Å². The summed E-state index contributed by atoms with van der Waals surface area (Å²) >= 11 is 0. The summed E-state index contributed by atoms with van der Waals surface area (Å²) in [5.41, 5.74) is 0.952. The van der Waals surface area contributed by atoms with Crippen LogP contribution in [0.1, 0.15) is 32.3 Å². The first kappa shape index (κ1) is 16.1. The Bertz CT molecular complexity index is 545. The molecular weight excluding hydrogens is 284 g/mol. The fourth-order valence-corrected chi connectivity index (χ4v) is 2.20. The predicted molar refractivity (Wildman–Crippen MR) is 81.6 cm³/mol. The highest BCUT2D eigenvalue weighted by molar-refractivity contribution is 5.78. The molecule has 0 atom stereocenters. The maximum atomic E-state index is 11.7. The Kier molecular flexibility index (Phi) is 5.63. The summed E-state index contributed by atoms with van der Waals surface area (Å²) in [5.74, 6) is 1.33. The number of benzene rings is 1. The number of fused-ring (bicyclic) bond motifs is 1. The number of hydrogen-bond acceptors (Lipinski definition) is 4. The Hall–Kier alpha value is -2.24. The lowest BCUT2D eigenvalue weighted by molar-refractivity contribution is -0.130. The van der Waals surface area contributed by atoms with Crippen molar-refractivity contribution in [3.05, 3.63) is 23.8 Å². The van der Waals surface area contributed by atoms with Gasteiger partial charge in [0.15, 0.2) is 11.5 Å². The molecule has 0 aromatic heterocycles. The lowest BCUT2D eigenvalue weighted by atomic mass is 10.2. The van der Waals surface area contributed by atoms with Crippen molar-refractivity contribution >= 4 is 11.8 Å². The summed E-state index contributed by atoms with van der Waals surface area (Å²) in [6.07, 6.45) is 1.21. The van der Waals surface area contributed by atoms with Gasteiger partial charge in [-0.15, -0.1) is 0 Å². The molecule has 0 saturated heterocycles. The van der Waals surface area contributed by atoms with E-state index in [0.717, 1.165) is 17.7 Å². The van der Waals surface area contributed by atoms with Crippen LogP contribution in [0.15, 0.2) is 18.2 Å². The van der Waals surface area contributed by atoms with Crippen LogP contribution in [0.5, 0.6) is 11.5 Å². The largest absolute Gasteiger partial charge is 0.454 e. The SMILES string of the molecule is CCCNC(=O)CCN(Cc1ccc2c(c1)OCO2)C(C)=O. The van der Waals surface area contributed by atoms with E-state index >= 15 is 0 Å². The Morgan fingerprint density at radius 2 is 2.05 bits per heavy atom. The van der Waals surface area contributed by atoms with E-state index in [0.29, 0.717) is 31.8 Å². The molecule has 22 heavy (non-hydrogen) atoms. The first-order valence-electron chi connectivity index (χ1n) is 7.51. The molecule has 0 saturated carbocycles. The second kappa shape index (κ2) is 7.68. The number of nitrogens with zero attached hydrogens (tertiary/aromatic N) is 1. The molecule has 1 aromatic rings. The maximum Gasteiger partial charge on any atom is 0.231 e. The highest BCUT2D eigenvalue weighted by atomic mass is 16.7. The number of ether oxygens (including phenoxy) is 2. The molecule has 0 unspecified atom stereocenters. The van der Waals surface area contributed by atoms with E-state index in [1.807, 2.05) is 25.1 Å². The third-order valence-electron chi connectivity index (χ3n) is 3.44. The predicted octanol–water partition coefficient (Wildman–Crippen LogP) is 1.68. The number of carbonyl (C=O) groups excluding carboxylic acids is 2. The zero-order valence-electron chi connectivity index (χ0n) is 13.1. The lowest BCUT2D eigenvalue weighted by Gasteiger charge is -2.21. The van der Waals surface area contributed by atoms with Gasteiger partial charge in [0.05, 0.1) is 0 Å². The zero-order chi connectivity index (χ0) is 15.9. The van der Waals surface area contributed by atoms with Gasteiger partial charge in [-0.25, -0.2) is 0 Å². The van der Waals surface area contributed by atoms with Crippen molar-refractivity contribution in [1.29, 1.82) is 0 Å². The normalized spacial score (nSPS) is 12.1. The Balaban J connectivity index is 1.91. The van der Waals surface area contributed by atoms with Crippen LogP contribution in [0, 0.1) is 0 Å². The maximum absolute atomic E-state index is 11.7. The van der Waals surface area contributed by atoms with Crippen LogP contribution >= 0.6 is 0 Å². The van der Waals surface area contributed by atoms with Crippen LogP contribution in [-0.4, -0.2) is 36.6 Å². The molecule has 0 radical (unpaired) electrons. The summed E-state index contributed by atoms with van der Waals surface area (Å²) in [7, 11) is 0. The molecule has 120 valence electrons. The summed E-state index contributed by atoms with van der Waals surface area (Å²) in [6.45, 7) is 5.26. The van der Waals surface area contributed by atoms with E-state index in [2.05, 4.69) is 5.32 Å². The Morgan fingerprint density at radius 1 is 1.27 bits per heavy atom. The molecule has 2 rings (SSSR count). The third-order valence-corrected chi connectivity index (χ3v) is 3.44. The van der Waals surface area contributed by atoms with E-state index in [1.54, 1.807) is 4.90 Å². The molecule has 0 spiro atoms. The van der Waals surface area contributed by atoms with Gasteiger partial charge in [0.25, 0.3) is 0 Å². The van der Waals surface area contributed by atoms with Crippen molar-refractivity contribution in [2.75, 3.05) is 19.9 Å². The molecule has 1 N–H and O–H groups in total. The highest BCUT2D eigenvalue weighted by Crippen LogP contribution is 2.32. The fourth-order valence-electron chi connectivity index (χ4n) is 2.20. The van der Waals surface area contributed by atoms with Crippen molar-refractivity contribution < 1.29 is 19.1 Å². The van der Waals surface area contributed by atoms with E-state index in [4.69, 9.17) is 9.47 Å². The molecule has 1 heterocycles. The van der Waals surface area contributed by atoms with Gasteiger partial charge in [0.2, 0.25) is 18.6 Å². The van der Waals surface area contributed by atoms with Crippen LogP contribution in [-0.2, 0) is 16.1 Å². The van der Waals surface area contributed by atoms with Gasteiger partial charge in [-0.05, 0) is 24.1 Å². The molecule has 2 amide bonds. The number of nitrogens with one attached hydrogen (secondary N) is 1. The van der Waals surface area contributed by atoms with E-state index in [1.165, 1.54) is 6.92 Å². The van der Waals surface area contributed by atoms with Gasteiger partial charge < -0.3 is 19.7 Å². The zero-order valence-corrected chi connectivity index (χ0v) is 13.1. The van der Waals surface area contributed by atoms with Crippen molar-refractivity contribution in [3.8, 4) is 11.5 Å². The fraction of sp³-hybridized carbons (Fsp3) is 0.500. The average Bonchev–Trinajstić information content (AvgIpc) is 2.96. The topological polar surface area (TPSA) is 67.9 Å². The third kappa shape index (κ3) is 4.38. The van der Waals surface area contributed by atoms with Gasteiger partial charge in [-0.3, -0.25) is 9.59 Å². The van der Waals surface area contributed by atoms with Crippen molar-refractivity contribution in [1.82, 2.24) is 10.2 Å². The van der Waals surface area contributed by atoms with Crippen LogP contribution in [0.25, 0.3) is 0 Å². The Labute approximate surface area is 130 Å². The minimum Gasteiger partial charge on any atom is -0.454 e. The second-order valence-electron chi connectivity index (χ2n) is 5.23. The first-order chi connectivity index (χ1) is 10.6. The smallest absolute Gasteiger partial charge is 0.231 e. The van der Waals surface area contributed by atoms with Crippen molar-refractivity contribution in [3.63, 3.8) is 0 Å². The number of carbonyl (C=O) groups is 2. The van der Waals surface area contributed by atoms with Gasteiger partial charge in [0, 0.05) is 33.0 Å². The van der Waals surface area contributed by atoms with Crippen molar-refractivity contribution in [2.24, 2.45) is 0 Å². The molecule has 6 nitrogen and oxygen atoms in total. The van der Waals surface area contributed by atoms with Gasteiger partial charge >= 0.3 is 0 Å². The number of hydrogen-bond donors (Lipinski definition) is 1. The van der Waals surface area contributed by atoms with Gasteiger partial charge in [-0.2, -0.15) is 0 Å². The van der Waals surface area contributed by atoms with E-state index in [-0.39, 0.29) is 18.6 Å². The van der Waals surface area contributed by atoms with Crippen LogP contribution in [0.4, 0.5) is 0 Å². The van der Waals surface area contributed by atoms with Crippen molar-refractivity contribution in [2.45, 2.75) is 33.2 Å². The van der Waals surface area contributed by atoms with Gasteiger partial charge in [0.1, 0.15) is 0 Å².